The van der Waals surface area contributed by atoms with Crippen LogP contribution in [-0.2, 0) is 4.79 Å². The highest BCUT2D eigenvalue weighted by Crippen LogP contribution is 2.48. The first-order valence-electron chi connectivity index (χ1n) is 7.52. The number of hydrogen-bond donors (Lipinski definition) is 1. The van der Waals surface area contributed by atoms with E-state index in [4.69, 9.17) is 0 Å². The van der Waals surface area contributed by atoms with Crippen molar-refractivity contribution in [2.24, 2.45) is 5.92 Å². The Morgan fingerprint density at radius 2 is 2.04 bits per heavy atom. The summed E-state index contributed by atoms with van der Waals surface area (Å²) >= 11 is 1.46. The summed E-state index contributed by atoms with van der Waals surface area (Å²) in [6.07, 6.45) is 4.49. The van der Waals surface area contributed by atoms with Crippen molar-refractivity contribution in [2.45, 2.75) is 12.3 Å². The van der Waals surface area contributed by atoms with E-state index in [1.165, 1.54) is 11.3 Å². The average molecular weight is 321 g/mol. The predicted molar refractivity (Wildman–Crippen MR) is 91.3 cm³/mol. The summed E-state index contributed by atoms with van der Waals surface area (Å²) in [5.41, 5.74) is 4.76. The van der Waals surface area contributed by atoms with Gasteiger partial charge in [0.25, 0.3) is 0 Å². The number of carbonyl (C=O) groups excluding carboxylic acids is 1. The molecule has 114 valence electrons. The van der Waals surface area contributed by atoms with Gasteiger partial charge in [0.05, 0.1) is 5.51 Å². The van der Waals surface area contributed by atoms with Gasteiger partial charge >= 0.3 is 0 Å². The van der Waals surface area contributed by atoms with Gasteiger partial charge in [-0.25, -0.2) is 4.98 Å². The van der Waals surface area contributed by atoms with Crippen LogP contribution in [0.15, 0.2) is 60.4 Å². The van der Waals surface area contributed by atoms with Crippen LogP contribution in [0.4, 0.5) is 5.00 Å². The van der Waals surface area contributed by atoms with Gasteiger partial charge in [0, 0.05) is 23.9 Å². The van der Waals surface area contributed by atoms with Gasteiger partial charge < -0.3 is 5.32 Å². The third kappa shape index (κ3) is 2.87. The number of nitrogens with one attached hydrogen (secondary N) is 1. The standard InChI is InChI=1S/C18H15N3OS/c22-17(15-9-14(15)13-7-4-8-19-10-13)21-18-16(20-11-23-18)12-5-2-1-3-6-12/h1-8,10-11,14-15H,9H2,(H,21,22)/t14-,15+/m1/s1. The molecule has 3 aromatic rings. The molecule has 1 N–H and O–H groups in total. The fraction of sp³-hybridized carbons (Fsp3) is 0.167. The van der Waals surface area contributed by atoms with Crippen LogP contribution < -0.4 is 5.32 Å². The van der Waals surface area contributed by atoms with E-state index < -0.39 is 0 Å². The van der Waals surface area contributed by atoms with Gasteiger partial charge in [-0.3, -0.25) is 9.78 Å². The summed E-state index contributed by atoms with van der Waals surface area (Å²) in [6, 6.07) is 13.9. The number of hydrogen-bond acceptors (Lipinski definition) is 4. The summed E-state index contributed by atoms with van der Waals surface area (Å²) in [6.45, 7) is 0. The van der Waals surface area contributed by atoms with Gasteiger partial charge in [0.2, 0.25) is 5.91 Å². The normalized spacial score (nSPS) is 19.3. The van der Waals surface area contributed by atoms with E-state index in [0.717, 1.165) is 28.2 Å². The lowest BCUT2D eigenvalue weighted by atomic mass is 10.1. The van der Waals surface area contributed by atoms with E-state index in [1.54, 1.807) is 11.7 Å². The van der Waals surface area contributed by atoms with Crippen LogP contribution in [0, 0.1) is 5.92 Å². The molecule has 0 aliphatic heterocycles. The van der Waals surface area contributed by atoms with Crippen molar-refractivity contribution >= 4 is 22.2 Å². The van der Waals surface area contributed by atoms with E-state index in [9.17, 15) is 4.79 Å². The van der Waals surface area contributed by atoms with E-state index in [0.29, 0.717) is 0 Å². The van der Waals surface area contributed by atoms with Crippen LogP contribution in [0.5, 0.6) is 0 Å². The molecule has 1 aliphatic rings. The summed E-state index contributed by atoms with van der Waals surface area (Å²) in [5.74, 6) is 0.391. The molecule has 0 radical (unpaired) electrons. The number of anilines is 1. The van der Waals surface area contributed by atoms with Crippen LogP contribution in [0.3, 0.4) is 0 Å². The topological polar surface area (TPSA) is 54.9 Å². The van der Waals surface area contributed by atoms with Gasteiger partial charge in [-0.15, -0.1) is 11.3 Å². The van der Waals surface area contributed by atoms with Crippen molar-refractivity contribution in [1.82, 2.24) is 9.97 Å². The minimum Gasteiger partial charge on any atom is -0.316 e. The van der Waals surface area contributed by atoms with Gasteiger partial charge in [0.1, 0.15) is 10.7 Å². The second kappa shape index (κ2) is 5.93. The fourth-order valence-corrected chi connectivity index (χ4v) is 3.49. The minimum absolute atomic E-state index is 0.0323. The molecule has 0 saturated heterocycles. The molecule has 1 aromatic carbocycles. The summed E-state index contributed by atoms with van der Waals surface area (Å²) in [7, 11) is 0. The zero-order valence-electron chi connectivity index (χ0n) is 12.3. The molecule has 5 heteroatoms. The highest BCUT2D eigenvalue weighted by Gasteiger charge is 2.44. The molecule has 0 bridgehead atoms. The molecule has 1 fully saturated rings. The van der Waals surface area contributed by atoms with E-state index in [2.05, 4.69) is 15.3 Å². The van der Waals surface area contributed by atoms with Gasteiger partial charge in [-0.1, -0.05) is 36.4 Å². The maximum Gasteiger partial charge on any atom is 0.228 e. The molecule has 1 amide bonds. The molecule has 0 unspecified atom stereocenters. The fourth-order valence-electron chi connectivity index (χ4n) is 2.79. The molecule has 1 aliphatic carbocycles. The van der Waals surface area contributed by atoms with Crippen molar-refractivity contribution in [3.8, 4) is 11.3 Å². The minimum atomic E-state index is 0.0323. The van der Waals surface area contributed by atoms with Crippen LogP contribution in [0.25, 0.3) is 11.3 Å². The molecule has 23 heavy (non-hydrogen) atoms. The first kappa shape index (κ1) is 14.1. The Bertz CT molecular complexity index is 817. The number of rotatable bonds is 4. The van der Waals surface area contributed by atoms with Crippen molar-refractivity contribution in [3.05, 3.63) is 65.9 Å². The number of benzene rings is 1. The van der Waals surface area contributed by atoms with E-state index in [1.807, 2.05) is 48.7 Å². The lowest BCUT2D eigenvalue weighted by Crippen LogP contribution is -2.14. The third-order valence-electron chi connectivity index (χ3n) is 4.09. The Morgan fingerprint density at radius 1 is 1.17 bits per heavy atom. The average Bonchev–Trinajstić information content (AvgIpc) is 3.29. The Labute approximate surface area is 138 Å². The second-order valence-corrected chi connectivity index (χ2v) is 6.48. The number of pyridine rings is 1. The van der Waals surface area contributed by atoms with Crippen molar-refractivity contribution in [1.29, 1.82) is 0 Å². The summed E-state index contributed by atoms with van der Waals surface area (Å²) in [4.78, 5) is 21.0. The van der Waals surface area contributed by atoms with Gasteiger partial charge in [-0.05, 0) is 24.0 Å². The zero-order chi connectivity index (χ0) is 15.6. The van der Waals surface area contributed by atoms with Crippen molar-refractivity contribution < 1.29 is 4.79 Å². The molecule has 1 saturated carbocycles. The maximum atomic E-state index is 12.5. The molecule has 2 heterocycles. The number of carbonyl (C=O) groups is 1. The first-order chi connectivity index (χ1) is 11.3. The molecule has 2 aromatic heterocycles. The smallest absolute Gasteiger partial charge is 0.228 e. The molecular weight excluding hydrogens is 306 g/mol. The van der Waals surface area contributed by atoms with Crippen LogP contribution >= 0.6 is 11.3 Å². The predicted octanol–water partition coefficient (Wildman–Crippen LogP) is 3.95. The van der Waals surface area contributed by atoms with E-state index in [-0.39, 0.29) is 17.7 Å². The molecular formula is C18H15N3OS. The maximum absolute atomic E-state index is 12.5. The van der Waals surface area contributed by atoms with Crippen molar-refractivity contribution in [2.75, 3.05) is 5.32 Å². The van der Waals surface area contributed by atoms with Crippen LogP contribution in [0.1, 0.15) is 17.9 Å². The Balaban J connectivity index is 1.48. The first-order valence-corrected chi connectivity index (χ1v) is 8.40. The summed E-state index contributed by atoms with van der Waals surface area (Å²) in [5, 5.41) is 3.86. The summed E-state index contributed by atoms with van der Waals surface area (Å²) < 4.78 is 0. The molecule has 4 nitrogen and oxygen atoms in total. The lowest BCUT2D eigenvalue weighted by molar-refractivity contribution is -0.117. The quantitative estimate of drug-likeness (QED) is 0.791. The Kier molecular flexibility index (Phi) is 3.63. The largest absolute Gasteiger partial charge is 0.316 e. The highest BCUT2D eigenvalue weighted by molar-refractivity contribution is 7.14. The van der Waals surface area contributed by atoms with Crippen molar-refractivity contribution in [3.63, 3.8) is 0 Å². The monoisotopic (exact) mass is 321 g/mol. The van der Waals surface area contributed by atoms with Crippen LogP contribution in [-0.4, -0.2) is 15.9 Å². The highest BCUT2D eigenvalue weighted by atomic mass is 32.1. The second-order valence-electron chi connectivity index (χ2n) is 5.62. The van der Waals surface area contributed by atoms with Crippen LogP contribution in [0.2, 0.25) is 0 Å². The van der Waals surface area contributed by atoms with Gasteiger partial charge in [0.15, 0.2) is 0 Å². The molecule has 0 spiro atoms. The third-order valence-corrected chi connectivity index (χ3v) is 4.83. The Hall–Kier alpha value is -2.53. The molecule has 2 atom stereocenters. The SMILES string of the molecule is O=C(Nc1scnc1-c1ccccc1)[C@H]1C[C@@H]1c1cccnc1. The number of nitrogens with zero attached hydrogens (tertiary/aromatic N) is 2. The van der Waals surface area contributed by atoms with E-state index >= 15 is 0 Å². The molecule has 4 rings (SSSR count). The van der Waals surface area contributed by atoms with Gasteiger partial charge in [-0.2, -0.15) is 0 Å². The Morgan fingerprint density at radius 3 is 2.83 bits per heavy atom. The number of thiazole rings is 1. The zero-order valence-corrected chi connectivity index (χ0v) is 13.2. The number of aromatic nitrogens is 2. The lowest BCUT2D eigenvalue weighted by Gasteiger charge is -2.05. The number of amides is 1.